The topological polar surface area (TPSA) is 81.5 Å². The lowest BCUT2D eigenvalue weighted by Gasteiger charge is -2.28. The van der Waals surface area contributed by atoms with Crippen molar-refractivity contribution in [2.75, 3.05) is 6.61 Å². The molecule has 0 saturated carbocycles. The summed E-state index contributed by atoms with van der Waals surface area (Å²) in [5, 5.41) is 2.32. The van der Waals surface area contributed by atoms with Crippen LogP contribution in [-0.2, 0) is 7.05 Å². The number of pyridine rings is 2. The Morgan fingerprint density at radius 2 is 1.67 bits per heavy atom. The number of fused-ring (bicyclic) bond motifs is 4. The van der Waals surface area contributed by atoms with E-state index >= 15 is 0 Å². The molecule has 4 aromatic rings. The number of carbonyl (C=O) groups excluding carboxylic acids is 2. The molecule has 0 spiro atoms. The molecule has 0 N–H and O–H groups in total. The zero-order valence-corrected chi connectivity index (χ0v) is 22.1. The highest BCUT2D eigenvalue weighted by atomic mass is 79.9. The first-order valence-electron chi connectivity index (χ1n) is 11.9. The third-order valence-electron chi connectivity index (χ3n) is 6.73. The van der Waals surface area contributed by atoms with E-state index in [-0.39, 0.29) is 29.9 Å². The number of aryl methyl sites for hydroxylation is 2. The number of ether oxygens (including phenoxy) is 1. The first-order valence-corrected chi connectivity index (χ1v) is 12.7. The van der Waals surface area contributed by atoms with Crippen LogP contribution in [0.5, 0.6) is 5.75 Å². The normalized spacial score (nSPS) is 14.2. The average molecular weight is 548 g/mol. The molecule has 1 aliphatic rings. The molecule has 0 aliphatic carbocycles. The van der Waals surface area contributed by atoms with Gasteiger partial charge in [-0.2, -0.15) is 0 Å². The number of aromatic nitrogens is 2. The molecule has 0 fully saturated rings. The van der Waals surface area contributed by atoms with Gasteiger partial charge in [0.25, 0.3) is 17.4 Å². The Kier molecular flexibility index (Phi) is 6.16. The summed E-state index contributed by atoms with van der Waals surface area (Å²) in [5.41, 5.74) is 2.13. The Morgan fingerprint density at radius 3 is 2.31 bits per heavy atom. The van der Waals surface area contributed by atoms with Gasteiger partial charge in [-0.15, -0.1) is 0 Å². The largest absolute Gasteiger partial charge is 0.490 e. The molecule has 3 heterocycles. The maximum Gasteiger partial charge on any atom is 0.261 e. The molecule has 0 bridgehead atoms. The lowest BCUT2D eigenvalue weighted by atomic mass is 10.0. The summed E-state index contributed by atoms with van der Waals surface area (Å²) in [7, 11) is 1.73. The predicted molar refractivity (Wildman–Crippen MR) is 143 cm³/mol. The van der Waals surface area contributed by atoms with Crippen molar-refractivity contribution in [3.05, 3.63) is 80.3 Å². The Labute approximate surface area is 216 Å². The van der Waals surface area contributed by atoms with E-state index in [0.29, 0.717) is 34.4 Å². The lowest BCUT2D eigenvalue weighted by molar-refractivity contribution is 0.0507. The van der Waals surface area contributed by atoms with E-state index in [0.717, 1.165) is 20.8 Å². The minimum atomic E-state index is -0.436. The summed E-state index contributed by atoms with van der Waals surface area (Å²) in [6.45, 7) is 6.07. The van der Waals surface area contributed by atoms with Crippen LogP contribution >= 0.6 is 15.9 Å². The molecule has 7 nitrogen and oxygen atoms in total. The van der Waals surface area contributed by atoms with Crippen LogP contribution < -0.4 is 10.3 Å². The third kappa shape index (κ3) is 3.89. The van der Waals surface area contributed by atoms with Gasteiger partial charge in [0.15, 0.2) is 0 Å². The zero-order chi connectivity index (χ0) is 25.7. The molecule has 36 heavy (non-hydrogen) atoms. The van der Waals surface area contributed by atoms with Gasteiger partial charge in [-0.3, -0.25) is 24.3 Å². The SMILES string of the molecule is Cc1nccc2c1c(=O)n(C)c1cc(OCC(CC(C)C)N3C(=O)c4ccccc4C3=O)c(Br)cc21. The van der Waals surface area contributed by atoms with Gasteiger partial charge in [0.05, 0.1) is 38.2 Å². The smallest absolute Gasteiger partial charge is 0.261 e. The highest BCUT2D eigenvalue weighted by Gasteiger charge is 2.40. The number of hydrogen-bond acceptors (Lipinski definition) is 5. The van der Waals surface area contributed by atoms with E-state index in [1.54, 1.807) is 42.1 Å². The molecular formula is C28H26BrN3O4. The van der Waals surface area contributed by atoms with E-state index in [9.17, 15) is 14.4 Å². The van der Waals surface area contributed by atoms with Crippen molar-refractivity contribution in [3.8, 4) is 5.75 Å². The van der Waals surface area contributed by atoms with E-state index in [4.69, 9.17) is 4.74 Å². The van der Waals surface area contributed by atoms with Crippen LogP contribution in [-0.4, -0.2) is 38.9 Å². The summed E-state index contributed by atoms with van der Waals surface area (Å²) in [5.74, 6) is 0.195. The lowest BCUT2D eigenvalue weighted by Crippen LogP contribution is -2.44. The summed E-state index contributed by atoms with van der Waals surface area (Å²) in [6, 6.07) is 12.1. The molecule has 1 aliphatic heterocycles. The van der Waals surface area contributed by atoms with Gasteiger partial charge in [-0.25, -0.2) is 0 Å². The number of imide groups is 1. The highest BCUT2D eigenvalue weighted by Crippen LogP contribution is 2.34. The van der Waals surface area contributed by atoms with Gasteiger partial charge in [0, 0.05) is 24.7 Å². The third-order valence-corrected chi connectivity index (χ3v) is 7.35. The van der Waals surface area contributed by atoms with Crippen LogP contribution in [0.15, 0.2) is 57.9 Å². The van der Waals surface area contributed by atoms with Crippen molar-refractivity contribution in [1.29, 1.82) is 0 Å². The number of halogens is 1. The van der Waals surface area contributed by atoms with Crippen LogP contribution in [0.3, 0.4) is 0 Å². The fraction of sp³-hybridized carbons (Fsp3) is 0.286. The second-order valence-corrected chi connectivity index (χ2v) is 10.5. The molecule has 0 radical (unpaired) electrons. The standard InChI is InChI=1S/C28H26BrN3O4/c1-15(2)11-17(32-26(33)19-7-5-6-8-20(19)27(32)34)14-36-24-13-23-21(12-22(24)29)18-9-10-30-16(3)25(18)28(35)31(23)4/h5-10,12-13,15,17H,11,14H2,1-4H3. The fourth-order valence-corrected chi connectivity index (χ4v) is 5.46. The summed E-state index contributed by atoms with van der Waals surface area (Å²) in [4.78, 5) is 44.9. The van der Waals surface area contributed by atoms with Crippen LogP contribution in [0.1, 0.15) is 46.7 Å². The van der Waals surface area contributed by atoms with Crippen LogP contribution in [0.25, 0.3) is 21.7 Å². The number of nitrogens with zero attached hydrogens (tertiary/aromatic N) is 3. The first-order chi connectivity index (χ1) is 17.2. The molecule has 1 unspecified atom stereocenters. The van der Waals surface area contributed by atoms with Crippen molar-refractivity contribution < 1.29 is 14.3 Å². The molecular weight excluding hydrogens is 522 g/mol. The maximum atomic E-state index is 13.1. The fourth-order valence-electron chi connectivity index (χ4n) is 5.00. The van der Waals surface area contributed by atoms with Crippen molar-refractivity contribution in [3.63, 3.8) is 0 Å². The van der Waals surface area contributed by atoms with Crippen molar-refractivity contribution in [1.82, 2.24) is 14.5 Å². The molecule has 2 aromatic carbocycles. The maximum absolute atomic E-state index is 13.1. The average Bonchev–Trinajstić information content (AvgIpc) is 3.10. The predicted octanol–water partition coefficient (Wildman–Crippen LogP) is 5.25. The molecule has 184 valence electrons. The molecule has 2 aromatic heterocycles. The van der Waals surface area contributed by atoms with Crippen LogP contribution in [0, 0.1) is 12.8 Å². The Balaban J connectivity index is 1.51. The quantitative estimate of drug-likeness (QED) is 0.243. The molecule has 1 atom stereocenters. The summed E-state index contributed by atoms with van der Waals surface area (Å²) >= 11 is 3.62. The molecule has 0 saturated heterocycles. The summed E-state index contributed by atoms with van der Waals surface area (Å²) < 4.78 is 8.54. The minimum absolute atomic E-state index is 0.125. The Bertz CT molecular complexity index is 1570. The molecule has 2 amide bonds. The van der Waals surface area contributed by atoms with Gasteiger partial charge in [0.2, 0.25) is 0 Å². The second kappa shape index (κ2) is 9.17. The van der Waals surface area contributed by atoms with E-state index in [1.165, 1.54) is 4.90 Å². The van der Waals surface area contributed by atoms with Crippen molar-refractivity contribution in [2.45, 2.75) is 33.2 Å². The number of benzene rings is 2. The number of hydrogen-bond donors (Lipinski definition) is 0. The Hall–Kier alpha value is -3.52. The molecule has 5 rings (SSSR count). The Morgan fingerprint density at radius 1 is 1.00 bits per heavy atom. The van der Waals surface area contributed by atoms with Crippen molar-refractivity contribution in [2.24, 2.45) is 13.0 Å². The van der Waals surface area contributed by atoms with E-state index < -0.39 is 6.04 Å². The van der Waals surface area contributed by atoms with Crippen LogP contribution in [0.4, 0.5) is 0 Å². The number of rotatable bonds is 6. The number of amides is 2. The molecule has 8 heteroatoms. The number of carbonyl (C=O) groups is 2. The van der Waals surface area contributed by atoms with Crippen molar-refractivity contribution >= 4 is 49.4 Å². The highest BCUT2D eigenvalue weighted by molar-refractivity contribution is 9.10. The first kappa shape index (κ1) is 24.2. The van der Waals surface area contributed by atoms with E-state index in [1.807, 2.05) is 25.1 Å². The van der Waals surface area contributed by atoms with Gasteiger partial charge >= 0.3 is 0 Å². The van der Waals surface area contributed by atoms with Crippen LogP contribution in [0.2, 0.25) is 0 Å². The zero-order valence-electron chi connectivity index (χ0n) is 20.5. The minimum Gasteiger partial charge on any atom is -0.490 e. The monoisotopic (exact) mass is 547 g/mol. The van der Waals surface area contributed by atoms with Gasteiger partial charge in [0.1, 0.15) is 12.4 Å². The van der Waals surface area contributed by atoms with Gasteiger partial charge in [-0.1, -0.05) is 26.0 Å². The summed E-state index contributed by atoms with van der Waals surface area (Å²) in [6.07, 6.45) is 2.31. The van der Waals surface area contributed by atoms with Gasteiger partial charge in [-0.05, 0) is 64.8 Å². The van der Waals surface area contributed by atoms with E-state index in [2.05, 4.69) is 34.8 Å². The second-order valence-electron chi connectivity index (χ2n) is 9.60. The van der Waals surface area contributed by atoms with Gasteiger partial charge < -0.3 is 9.30 Å².